The van der Waals surface area contributed by atoms with Gasteiger partial charge in [-0.05, 0) is 61.2 Å². The fraction of sp³-hybridized carbons (Fsp3) is 0.348. The highest BCUT2D eigenvalue weighted by Crippen LogP contribution is 2.24. The van der Waals surface area contributed by atoms with Crippen LogP contribution in [0.4, 0.5) is 11.4 Å². The number of hydrogen-bond donors (Lipinski definition) is 1. The first-order valence-corrected chi connectivity index (χ1v) is 10.6. The Hall–Kier alpha value is -2.86. The van der Waals surface area contributed by atoms with Crippen LogP contribution in [0.25, 0.3) is 0 Å². The largest absolute Gasteiger partial charge is 0.330 e. The van der Waals surface area contributed by atoms with Crippen LogP contribution in [0.15, 0.2) is 48.5 Å². The second-order valence-corrected chi connectivity index (χ2v) is 8.17. The number of amides is 3. The lowest BCUT2D eigenvalue weighted by atomic mass is 10.1. The Labute approximate surface area is 180 Å². The van der Waals surface area contributed by atoms with Crippen LogP contribution in [0, 0.1) is 0 Å². The highest BCUT2D eigenvalue weighted by Gasteiger charge is 2.34. The van der Waals surface area contributed by atoms with Gasteiger partial charge in [-0.15, -0.1) is 0 Å². The zero-order valence-corrected chi connectivity index (χ0v) is 17.4. The first-order valence-electron chi connectivity index (χ1n) is 10.3. The van der Waals surface area contributed by atoms with Crippen molar-refractivity contribution in [2.24, 2.45) is 0 Å². The van der Waals surface area contributed by atoms with Gasteiger partial charge in [-0.1, -0.05) is 23.7 Å². The molecule has 2 saturated heterocycles. The van der Waals surface area contributed by atoms with E-state index in [4.69, 9.17) is 11.6 Å². The number of carbonyl (C=O) groups is 3. The minimum Gasteiger partial charge on any atom is -0.330 e. The number of carbonyl (C=O) groups excluding carboxylic acids is 3. The predicted octanol–water partition coefficient (Wildman–Crippen LogP) is 3.64. The number of nitrogens with zero attached hydrogens (tertiary/aromatic N) is 2. The van der Waals surface area contributed by atoms with E-state index in [1.54, 1.807) is 34.1 Å². The quantitative estimate of drug-likeness (QED) is 0.795. The zero-order chi connectivity index (χ0) is 21.1. The molecule has 30 heavy (non-hydrogen) atoms. The summed E-state index contributed by atoms with van der Waals surface area (Å²) in [4.78, 5) is 40.9. The second kappa shape index (κ2) is 8.88. The van der Waals surface area contributed by atoms with E-state index < -0.39 is 6.04 Å². The Morgan fingerprint density at radius 2 is 1.73 bits per heavy atom. The van der Waals surface area contributed by atoms with Gasteiger partial charge in [-0.2, -0.15) is 0 Å². The Morgan fingerprint density at radius 3 is 2.40 bits per heavy atom. The van der Waals surface area contributed by atoms with Crippen molar-refractivity contribution in [3.63, 3.8) is 0 Å². The molecule has 1 atom stereocenters. The number of halogens is 1. The van der Waals surface area contributed by atoms with E-state index in [9.17, 15) is 14.4 Å². The highest BCUT2D eigenvalue weighted by atomic mass is 35.5. The minimum atomic E-state index is -0.463. The van der Waals surface area contributed by atoms with E-state index in [2.05, 4.69) is 5.32 Å². The van der Waals surface area contributed by atoms with Gasteiger partial charge >= 0.3 is 0 Å². The molecule has 0 radical (unpaired) electrons. The molecular formula is C23H24ClN3O3. The molecule has 0 aromatic heterocycles. The number of likely N-dealkylation sites (tertiary alicyclic amines) is 1. The van der Waals surface area contributed by atoms with Crippen molar-refractivity contribution in [3.8, 4) is 0 Å². The summed E-state index contributed by atoms with van der Waals surface area (Å²) in [6.45, 7) is 1.33. The van der Waals surface area contributed by atoms with E-state index in [1.807, 2.05) is 24.3 Å². The van der Waals surface area contributed by atoms with Crippen LogP contribution in [-0.2, 0) is 20.8 Å². The summed E-state index contributed by atoms with van der Waals surface area (Å²) in [5.74, 6) is -0.0924. The van der Waals surface area contributed by atoms with Gasteiger partial charge < -0.3 is 15.1 Å². The number of nitrogens with one attached hydrogen (secondary N) is 1. The number of rotatable bonds is 5. The first kappa shape index (κ1) is 20.4. The SMILES string of the molecule is O=C(Nc1ccc(Cl)cc1)C1CCCN1C(=O)Cc1ccc(N2CCCC2=O)cc1. The van der Waals surface area contributed by atoms with Gasteiger partial charge in [0.25, 0.3) is 0 Å². The average molecular weight is 426 g/mol. The van der Waals surface area contributed by atoms with E-state index in [0.717, 1.165) is 30.6 Å². The monoisotopic (exact) mass is 425 g/mol. The molecular weight excluding hydrogens is 402 g/mol. The van der Waals surface area contributed by atoms with Crippen LogP contribution >= 0.6 is 11.6 Å². The lowest BCUT2D eigenvalue weighted by molar-refractivity contribution is -0.136. The Morgan fingerprint density at radius 1 is 1.00 bits per heavy atom. The summed E-state index contributed by atoms with van der Waals surface area (Å²) < 4.78 is 0. The zero-order valence-electron chi connectivity index (χ0n) is 16.6. The van der Waals surface area contributed by atoms with Gasteiger partial charge in [0.15, 0.2) is 0 Å². The van der Waals surface area contributed by atoms with Crippen LogP contribution in [-0.4, -0.2) is 41.8 Å². The van der Waals surface area contributed by atoms with Crippen molar-refractivity contribution in [2.75, 3.05) is 23.3 Å². The Balaban J connectivity index is 1.37. The highest BCUT2D eigenvalue weighted by molar-refractivity contribution is 6.30. The minimum absolute atomic E-state index is 0.0613. The molecule has 2 aromatic rings. The third-order valence-electron chi connectivity index (χ3n) is 5.66. The molecule has 2 heterocycles. The van der Waals surface area contributed by atoms with Crippen LogP contribution in [0.2, 0.25) is 5.02 Å². The molecule has 1 N–H and O–H groups in total. The van der Waals surface area contributed by atoms with Gasteiger partial charge in [-0.3, -0.25) is 14.4 Å². The van der Waals surface area contributed by atoms with Crippen LogP contribution < -0.4 is 10.2 Å². The summed E-state index contributed by atoms with van der Waals surface area (Å²) in [6, 6.07) is 14.0. The molecule has 156 valence electrons. The van der Waals surface area contributed by atoms with Crippen molar-refractivity contribution in [1.29, 1.82) is 0 Å². The average Bonchev–Trinajstić information content (AvgIpc) is 3.39. The topological polar surface area (TPSA) is 69.7 Å². The molecule has 0 bridgehead atoms. The molecule has 2 aliphatic heterocycles. The van der Waals surface area contributed by atoms with E-state index in [-0.39, 0.29) is 24.1 Å². The van der Waals surface area contributed by atoms with Crippen LogP contribution in [0.1, 0.15) is 31.2 Å². The van der Waals surface area contributed by atoms with E-state index in [0.29, 0.717) is 30.1 Å². The second-order valence-electron chi connectivity index (χ2n) is 7.73. The molecule has 1 unspecified atom stereocenters. The summed E-state index contributed by atoms with van der Waals surface area (Å²) >= 11 is 5.89. The van der Waals surface area contributed by atoms with Gasteiger partial charge in [0.05, 0.1) is 6.42 Å². The summed E-state index contributed by atoms with van der Waals surface area (Å²) in [5, 5.41) is 3.48. The maximum atomic E-state index is 12.9. The molecule has 6 nitrogen and oxygen atoms in total. The summed E-state index contributed by atoms with van der Waals surface area (Å²) in [6.07, 6.45) is 3.17. The summed E-state index contributed by atoms with van der Waals surface area (Å²) in [7, 11) is 0. The fourth-order valence-corrected chi connectivity index (χ4v) is 4.21. The molecule has 2 aliphatic rings. The predicted molar refractivity (Wildman–Crippen MR) is 117 cm³/mol. The normalized spacial score (nSPS) is 18.7. The van der Waals surface area contributed by atoms with Crippen LogP contribution in [0.5, 0.6) is 0 Å². The van der Waals surface area contributed by atoms with Crippen molar-refractivity contribution in [3.05, 3.63) is 59.1 Å². The molecule has 0 spiro atoms. The van der Waals surface area contributed by atoms with Gasteiger partial charge in [-0.25, -0.2) is 0 Å². The van der Waals surface area contributed by atoms with Gasteiger partial charge in [0.1, 0.15) is 6.04 Å². The standard InChI is InChI=1S/C23H24ClN3O3/c24-17-7-9-18(10-8-17)25-23(30)20-3-1-14-27(20)22(29)15-16-5-11-19(12-6-16)26-13-2-4-21(26)28/h5-12,20H,1-4,13-15H2,(H,25,30). The Kier molecular flexibility index (Phi) is 6.04. The van der Waals surface area contributed by atoms with E-state index >= 15 is 0 Å². The van der Waals surface area contributed by atoms with Gasteiger partial charge in [0.2, 0.25) is 17.7 Å². The van der Waals surface area contributed by atoms with Gasteiger partial charge in [0, 0.05) is 35.9 Å². The fourth-order valence-electron chi connectivity index (χ4n) is 4.09. The first-order chi connectivity index (χ1) is 14.5. The molecule has 2 aromatic carbocycles. The van der Waals surface area contributed by atoms with Crippen LogP contribution in [0.3, 0.4) is 0 Å². The third kappa shape index (κ3) is 4.49. The molecule has 2 fully saturated rings. The maximum absolute atomic E-state index is 12.9. The van der Waals surface area contributed by atoms with Crippen molar-refractivity contribution >= 4 is 40.7 Å². The third-order valence-corrected chi connectivity index (χ3v) is 5.92. The smallest absolute Gasteiger partial charge is 0.247 e. The molecule has 4 rings (SSSR count). The van der Waals surface area contributed by atoms with Crippen molar-refractivity contribution in [2.45, 2.75) is 38.1 Å². The molecule has 0 saturated carbocycles. The van der Waals surface area contributed by atoms with Crippen molar-refractivity contribution in [1.82, 2.24) is 4.90 Å². The summed E-state index contributed by atoms with van der Waals surface area (Å²) in [5.41, 5.74) is 2.41. The van der Waals surface area contributed by atoms with E-state index in [1.165, 1.54) is 0 Å². The molecule has 7 heteroatoms. The number of benzene rings is 2. The molecule has 0 aliphatic carbocycles. The molecule has 3 amide bonds. The lowest BCUT2D eigenvalue weighted by Crippen LogP contribution is -2.43. The lowest BCUT2D eigenvalue weighted by Gasteiger charge is -2.24. The Bertz CT molecular complexity index is 943. The number of hydrogen-bond acceptors (Lipinski definition) is 3. The number of anilines is 2. The van der Waals surface area contributed by atoms with Crippen molar-refractivity contribution < 1.29 is 14.4 Å². The maximum Gasteiger partial charge on any atom is 0.247 e.